The topological polar surface area (TPSA) is 58.6 Å². The number of carbonyl (C=O) groups is 2. The Morgan fingerprint density at radius 3 is 2.36 bits per heavy atom. The van der Waals surface area contributed by atoms with E-state index in [-0.39, 0.29) is 23.3 Å². The standard InChI is InChI=1S/C23H32N2O3/c1-28-20-9-4-17(5-10-20)6-11-21(26)25-14-12-23(13-15-25,16-18-2-3-18)24-22(27)19-7-8-19/h4-5,9-10,18-19H,2-3,6-8,11-16H2,1H3,(H,24,27). The first-order chi connectivity index (χ1) is 13.6. The van der Waals surface area contributed by atoms with E-state index >= 15 is 0 Å². The minimum absolute atomic E-state index is 0.0758. The molecule has 0 unspecified atom stereocenters. The van der Waals surface area contributed by atoms with Gasteiger partial charge in [-0.2, -0.15) is 0 Å². The number of hydrogen-bond donors (Lipinski definition) is 1. The number of aryl methyl sites for hydroxylation is 1. The summed E-state index contributed by atoms with van der Waals surface area (Å²) in [7, 11) is 1.66. The zero-order valence-electron chi connectivity index (χ0n) is 16.9. The molecule has 4 rings (SSSR count). The van der Waals surface area contributed by atoms with E-state index < -0.39 is 0 Å². The summed E-state index contributed by atoms with van der Waals surface area (Å²) >= 11 is 0. The molecule has 1 heterocycles. The van der Waals surface area contributed by atoms with E-state index in [0.29, 0.717) is 6.42 Å². The SMILES string of the molecule is COc1ccc(CCC(=O)N2CCC(CC3CC3)(NC(=O)C3CC3)CC2)cc1. The van der Waals surface area contributed by atoms with Crippen LogP contribution in [0.2, 0.25) is 0 Å². The summed E-state index contributed by atoms with van der Waals surface area (Å²) in [6.07, 6.45) is 8.87. The van der Waals surface area contributed by atoms with Crippen LogP contribution in [0.1, 0.15) is 56.9 Å². The van der Waals surface area contributed by atoms with Crippen LogP contribution in [-0.2, 0) is 16.0 Å². The van der Waals surface area contributed by atoms with Crippen molar-refractivity contribution in [2.24, 2.45) is 11.8 Å². The van der Waals surface area contributed by atoms with Gasteiger partial charge in [-0.1, -0.05) is 25.0 Å². The van der Waals surface area contributed by atoms with E-state index in [2.05, 4.69) is 5.32 Å². The minimum atomic E-state index is -0.0758. The first kappa shape index (κ1) is 19.3. The smallest absolute Gasteiger partial charge is 0.223 e. The third-order valence-electron chi connectivity index (χ3n) is 6.57. The van der Waals surface area contributed by atoms with Crippen molar-refractivity contribution in [3.05, 3.63) is 29.8 Å². The van der Waals surface area contributed by atoms with Crippen LogP contribution in [0, 0.1) is 11.8 Å². The molecule has 2 aliphatic carbocycles. The van der Waals surface area contributed by atoms with Crippen molar-refractivity contribution in [1.82, 2.24) is 10.2 Å². The van der Waals surface area contributed by atoms with E-state index in [9.17, 15) is 9.59 Å². The number of carbonyl (C=O) groups excluding carboxylic acids is 2. The maximum atomic E-state index is 12.7. The van der Waals surface area contributed by atoms with Gasteiger partial charge < -0.3 is 15.0 Å². The summed E-state index contributed by atoms with van der Waals surface area (Å²) in [5, 5.41) is 3.41. The third kappa shape index (κ3) is 4.86. The second-order valence-corrected chi connectivity index (χ2v) is 8.92. The predicted octanol–water partition coefficient (Wildman–Crippen LogP) is 3.32. The lowest BCUT2D eigenvalue weighted by Crippen LogP contribution is -2.56. The molecule has 5 nitrogen and oxygen atoms in total. The van der Waals surface area contributed by atoms with Gasteiger partial charge in [0.15, 0.2) is 0 Å². The average Bonchev–Trinajstić information content (AvgIpc) is 3.61. The highest BCUT2D eigenvalue weighted by atomic mass is 16.5. The maximum absolute atomic E-state index is 12.7. The molecule has 3 fully saturated rings. The Morgan fingerprint density at radius 2 is 1.79 bits per heavy atom. The molecule has 1 saturated heterocycles. The molecule has 0 aromatic heterocycles. The van der Waals surface area contributed by atoms with Crippen LogP contribution < -0.4 is 10.1 Å². The van der Waals surface area contributed by atoms with Crippen molar-refractivity contribution in [2.75, 3.05) is 20.2 Å². The molecule has 3 aliphatic rings. The number of amides is 2. The first-order valence-corrected chi connectivity index (χ1v) is 10.8. The second-order valence-electron chi connectivity index (χ2n) is 8.92. The number of methoxy groups -OCH3 is 1. The van der Waals surface area contributed by atoms with Gasteiger partial charge in [-0.3, -0.25) is 9.59 Å². The van der Waals surface area contributed by atoms with Crippen LogP contribution >= 0.6 is 0 Å². The van der Waals surface area contributed by atoms with Gasteiger partial charge in [0.05, 0.1) is 7.11 Å². The van der Waals surface area contributed by atoms with Crippen molar-refractivity contribution >= 4 is 11.8 Å². The van der Waals surface area contributed by atoms with E-state index in [1.807, 2.05) is 29.2 Å². The Hall–Kier alpha value is -2.04. The van der Waals surface area contributed by atoms with Crippen LogP contribution in [0.25, 0.3) is 0 Å². The lowest BCUT2D eigenvalue weighted by molar-refractivity contribution is -0.133. The van der Waals surface area contributed by atoms with Crippen LogP contribution in [0.15, 0.2) is 24.3 Å². The predicted molar refractivity (Wildman–Crippen MR) is 108 cm³/mol. The largest absolute Gasteiger partial charge is 0.497 e. The number of likely N-dealkylation sites (tertiary alicyclic amines) is 1. The molecule has 1 aromatic rings. The van der Waals surface area contributed by atoms with E-state index in [0.717, 1.165) is 68.8 Å². The molecule has 2 amide bonds. The fourth-order valence-electron chi connectivity index (χ4n) is 4.35. The summed E-state index contributed by atoms with van der Waals surface area (Å²) in [6, 6.07) is 7.93. The highest BCUT2D eigenvalue weighted by molar-refractivity contribution is 5.81. The Kier molecular flexibility index (Phi) is 5.61. The quantitative estimate of drug-likeness (QED) is 0.748. The Labute approximate surface area is 167 Å². The number of hydrogen-bond acceptors (Lipinski definition) is 3. The summed E-state index contributed by atoms with van der Waals surface area (Å²) in [6.45, 7) is 1.53. The molecule has 2 saturated carbocycles. The fraction of sp³-hybridized carbons (Fsp3) is 0.652. The van der Waals surface area contributed by atoms with Crippen molar-refractivity contribution in [3.63, 3.8) is 0 Å². The number of rotatable bonds is 8. The molecule has 0 bridgehead atoms. The molecular formula is C23H32N2O3. The minimum Gasteiger partial charge on any atom is -0.497 e. The van der Waals surface area contributed by atoms with Gasteiger partial charge in [-0.15, -0.1) is 0 Å². The zero-order chi connectivity index (χ0) is 19.6. The number of benzene rings is 1. The van der Waals surface area contributed by atoms with E-state index in [4.69, 9.17) is 4.74 Å². The molecular weight excluding hydrogens is 352 g/mol. The molecule has 0 radical (unpaired) electrons. The van der Waals surface area contributed by atoms with Gasteiger partial charge in [-0.25, -0.2) is 0 Å². The second kappa shape index (κ2) is 8.14. The molecule has 152 valence electrons. The fourth-order valence-corrected chi connectivity index (χ4v) is 4.35. The summed E-state index contributed by atoms with van der Waals surface area (Å²) in [4.78, 5) is 27.1. The normalized spacial score (nSPS) is 21.2. The van der Waals surface area contributed by atoms with Crippen molar-refractivity contribution in [2.45, 2.75) is 63.3 Å². The van der Waals surface area contributed by atoms with Crippen LogP contribution in [0.3, 0.4) is 0 Å². The highest BCUT2D eigenvalue weighted by Gasteiger charge is 2.43. The maximum Gasteiger partial charge on any atom is 0.223 e. The summed E-state index contributed by atoms with van der Waals surface area (Å²) < 4.78 is 5.18. The van der Waals surface area contributed by atoms with E-state index in [1.165, 1.54) is 12.8 Å². The van der Waals surface area contributed by atoms with Crippen LogP contribution in [0.5, 0.6) is 5.75 Å². The van der Waals surface area contributed by atoms with Gasteiger partial charge in [0.1, 0.15) is 5.75 Å². The number of piperidine rings is 1. The molecule has 5 heteroatoms. The number of nitrogens with zero attached hydrogens (tertiary/aromatic N) is 1. The molecule has 0 spiro atoms. The molecule has 1 aliphatic heterocycles. The van der Waals surface area contributed by atoms with Gasteiger partial charge in [0, 0.05) is 31.0 Å². The Morgan fingerprint density at radius 1 is 1.11 bits per heavy atom. The van der Waals surface area contributed by atoms with Crippen molar-refractivity contribution < 1.29 is 14.3 Å². The first-order valence-electron chi connectivity index (χ1n) is 10.8. The van der Waals surface area contributed by atoms with Crippen LogP contribution in [-0.4, -0.2) is 42.5 Å². The van der Waals surface area contributed by atoms with Gasteiger partial charge in [0.2, 0.25) is 11.8 Å². The molecule has 1 N–H and O–H groups in total. The zero-order valence-corrected chi connectivity index (χ0v) is 16.9. The molecule has 28 heavy (non-hydrogen) atoms. The third-order valence-corrected chi connectivity index (χ3v) is 6.57. The summed E-state index contributed by atoms with van der Waals surface area (Å²) in [5.41, 5.74) is 1.08. The molecule has 0 atom stereocenters. The van der Waals surface area contributed by atoms with Crippen molar-refractivity contribution in [3.8, 4) is 5.75 Å². The van der Waals surface area contributed by atoms with E-state index in [1.54, 1.807) is 7.11 Å². The van der Waals surface area contributed by atoms with Crippen LogP contribution in [0.4, 0.5) is 0 Å². The van der Waals surface area contributed by atoms with Crippen molar-refractivity contribution in [1.29, 1.82) is 0 Å². The average molecular weight is 385 g/mol. The molecule has 1 aromatic carbocycles. The lowest BCUT2D eigenvalue weighted by atomic mass is 9.82. The summed E-state index contributed by atoms with van der Waals surface area (Å²) in [5.74, 6) is 2.34. The van der Waals surface area contributed by atoms with Gasteiger partial charge in [0.25, 0.3) is 0 Å². The lowest BCUT2D eigenvalue weighted by Gasteiger charge is -2.43. The monoisotopic (exact) mass is 384 g/mol. The van der Waals surface area contributed by atoms with Gasteiger partial charge in [-0.05, 0) is 62.1 Å². The van der Waals surface area contributed by atoms with Gasteiger partial charge >= 0.3 is 0 Å². The highest BCUT2D eigenvalue weighted by Crippen LogP contribution is 2.41. The Bertz CT molecular complexity index is 699. The Balaban J connectivity index is 1.28. The number of ether oxygens (including phenoxy) is 1. The number of nitrogens with one attached hydrogen (secondary N) is 1.